The maximum absolute atomic E-state index is 11.8. The Kier molecular flexibility index (Phi) is 4.01. The van der Waals surface area contributed by atoms with Crippen LogP contribution in [-0.4, -0.2) is 24.1 Å². The Morgan fingerprint density at radius 2 is 1.53 bits per heavy atom. The smallest absolute Gasteiger partial charge is 0.328 e. The van der Waals surface area contributed by atoms with E-state index in [2.05, 4.69) is 0 Å². The highest BCUT2D eigenvalue weighted by Crippen LogP contribution is 2.25. The Bertz CT molecular complexity index is 206. The predicted molar refractivity (Wildman–Crippen MR) is 58.1 cm³/mol. The van der Waals surface area contributed by atoms with E-state index < -0.39 is 0 Å². The average Bonchev–Trinajstić information content (AvgIpc) is 2.31. The van der Waals surface area contributed by atoms with Gasteiger partial charge < -0.3 is 4.84 Å². The molecule has 1 saturated heterocycles. The van der Waals surface area contributed by atoms with Crippen LogP contribution in [0.5, 0.6) is 0 Å². The van der Waals surface area contributed by atoms with Gasteiger partial charge in [0.05, 0.1) is 5.92 Å². The van der Waals surface area contributed by atoms with Gasteiger partial charge in [0.1, 0.15) is 0 Å². The van der Waals surface area contributed by atoms with Crippen molar-refractivity contribution in [1.29, 1.82) is 0 Å². The van der Waals surface area contributed by atoms with Crippen LogP contribution < -0.4 is 0 Å². The molecule has 3 heteroatoms. The SMILES string of the molecule is O=C(ON1CCCCC1)C1CCCCC1. The van der Waals surface area contributed by atoms with E-state index in [1.165, 1.54) is 25.7 Å². The molecule has 1 aliphatic carbocycles. The van der Waals surface area contributed by atoms with Crippen molar-refractivity contribution in [3.05, 3.63) is 0 Å². The number of carbonyl (C=O) groups is 1. The molecular formula is C12H21NO2. The van der Waals surface area contributed by atoms with Crippen molar-refractivity contribution in [1.82, 2.24) is 5.06 Å². The number of hydrogen-bond acceptors (Lipinski definition) is 3. The number of hydroxylamine groups is 2. The van der Waals surface area contributed by atoms with Crippen LogP contribution in [0.2, 0.25) is 0 Å². The zero-order chi connectivity index (χ0) is 10.5. The Morgan fingerprint density at radius 1 is 0.933 bits per heavy atom. The minimum atomic E-state index is 0.0246. The molecule has 3 nitrogen and oxygen atoms in total. The molecule has 0 aromatic rings. The third-order valence-electron chi connectivity index (χ3n) is 3.47. The molecule has 2 aliphatic rings. The molecule has 0 amide bonds. The van der Waals surface area contributed by atoms with Crippen molar-refractivity contribution in [3.63, 3.8) is 0 Å². The first-order chi connectivity index (χ1) is 7.36. The molecule has 0 unspecified atom stereocenters. The summed E-state index contributed by atoms with van der Waals surface area (Å²) in [6.07, 6.45) is 9.35. The second-order valence-corrected chi connectivity index (χ2v) is 4.73. The van der Waals surface area contributed by atoms with Crippen LogP contribution in [0.25, 0.3) is 0 Å². The summed E-state index contributed by atoms with van der Waals surface area (Å²) in [7, 11) is 0. The Balaban J connectivity index is 1.74. The van der Waals surface area contributed by atoms with E-state index >= 15 is 0 Å². The number of rotatable bonds is 2. The van der Waals surface area contributed by atoms with Crippen LogP contribution in [-0.2, 0) is 9.63 Å². The van der Waals surface area contributed by atoms with Gasteiger partial charge >= 0.3 is 5.97 Å². The van der Waals surface area contributed by atoms with Crippen LogP contribution >= 0.6 is 0 Å². The van der Waals surface area contributed by atoms with E-state index in [4.69, 9.17) is 4.84 Å². The lowest BCUT2D eigenvalue weighted by molar-refractivity contribution is -0.200. The van der Waals surface area contributed by atoms with Crippen LogP contribution in [0.4, 0.5) is 0 Å². The first kappa shape index (κ1) is 10.9. The highest BCUT2D eigenvalue weighted by Gasteiger charge is 2.25. The van der Waals surface area contributed by atoms with Gasteiger partial charge in [0, 0.05) is 13.1 Å². The van der Waals surface area contributed by atoms with Crippen molar-refractivity contribution in [2.24, 2.45) is 5.92 Å². The zero-order valence-corrected chi connectivity index (χ0v) is 9.41. The zero-order valence-electron chi connectivity index (χ0n) is 9.41. The average molecular weight is 211 g/mol. The topological polar surface area (TPSA) is 29.5 Å². The van der Waals surface area contributed by atoms with Gasteiger partial charge in [-0.15, -0.1) is 5.06 Å². The molecule has 1 heterocycles. The lowest BCUT2D eigenvalue weighted by Crippen LogP contribution is -2.35. The normalized spacial score (nSPS) is 25.1. The van der Waals surface area contributed by atoms with Crippen LogP contribution in [0.1, 0.15) is 51.4 Å². The minimum absolute atomic E-state index is 0.0246. The highest BCUT2D eigenvalue weighted by molar-refractivity contribution is 5.72. The fourth-order valence-corrected chi connectivity index (χ4v) is 2.50. The molecule has 2 rings (SSSR count). The number of nitrogens with zero attached hydrogens (tertiary/aromatic N) is 1. The van der Waals surface area contributed by atoms with Crippen molar-refractivity contribution >= 4 is 5.97 Å². The molecular weight excluding hydrogens is 190 g/mol. The van der Waals surface area contributed by atoms with E-state index in [1.54, 1.807) is 0 Å². The second-order valence-electron chi connectivity index (χ2n) is 4.73. The third-order valence-corrected chi connectivity index (χ3v) is 3.47. The quantitative estimate of drug-likeness (QED) is 0.703. The molecule has 1 saturated carbocycles. The lowest BCUT2D eigenvalue weighted by atomic mass is 9.89. The molecule has 0 aromatic carbocycles. The van der Waals surface area contributed by atoms with Gasteiger partial charge in [0.25, 0.3) is 0 Å². The number of hydrogen-bond donors (Lipinski definition) is 0. The van der Waals surface area contributed by atoms with E-state index in [9.17, 15) is 4.79 Å². The molecule has 0 aromatic heterocycles. The minimum Gasteiger partial charge on any atom is -0.368 e. The van der Waals surface area contributed by atoms with Gasteiger partial charge in [0.2, 0.25) is 0 Å². The first-order valence-electron chi connectivity index (χ1n) is 6.33. The number of piperidine rings is 1. The lowest BCUT2D eigenvalue weighted by Gasteiger charge is -2.28. The van der Waals surface area contributed by atoms with Gasteiger partial charge in [-0.3, -0.25) is 4.79 Å². The summed E-state index contributed by atoms with van der Waals surface area (Å²) in [6.45, 7) is 1.86. The van der Waals surface area contributed by atoms with Gasteiger partial charge in [-0.25, -0.2) is 0 Å². The molecule has 0 atom stereocenters. The molecule has 1 aliphatic heterocycles. The monoisotopic (exact) mass is 211 g/mol. The van der Waals surface area contributed by atoms with Gasteiger partial charge in [-0.1, -0.05) is 25.7 Å². The molecule has 0 radical (unpaired) electrons. The predicted octanol–water partition coefficient (Wildman–Crippen LogP) is 2.51. The summed E-state index contributed by atoms with van der Waals surface area (Å²) < 4.78 is 0. The fourth-order valence-electron chi connectivity index (χ4n) is 2.50. The first-order valence-corrected chi connectivity index (χ1v) is 6.33. The highest BCUT2D eigenvalue weighted by atomic mass is 16.7. The second kappa shape index (κ2) is 5.50. The fraction of sp³-hybridized carbons (Fsp3) is 0.917. The largest absolute Gasteiger partial charge is 0.368 e. The standard InChI is InChI=1S/C12H21NO2/c14-12(11-7-3-1-4-8-11)15-13-9-5-2-6-10-13/h11H,1-10H2. The molecule has 0 N–H and O–H groups in total. The molecule has 2 fully saturated rings. The maximum Gasteiger partial charge on any atom is 0.328 e. The maximum atomic E-state index is 11.8. The summed E-state index contributed by atoms with van der Waals surface area (Å²) in [6, 6.07) is 0. The number of carbonyl (C=O) groups excluding carboxylic acids is 1. The third kappa shape index (κ3) is 3.20. The summed E-state index contributed by atoms with van der Waals surface area (Å²) in [4.78, 5) is 17.2. The van der Waals surface area contributed by atoms with Gasteiger partial charge in [0.15, 0.2) is 0 Å². The summed E-state index contributed by atoms with van der Waals surface area (Å²) in [5, 5.41) is 1.86. The van der Waals surface area contributed by atoms with Crippen molar-refractivity contribution in [3.8, 4) is 0 Å². The van der Waals surface area contributed by atoms with Crippen molar-refractivity contribution in [2.75, 3.05) is 13.1 Å². The van der Waals surface area contributed by atoms with Crippen molar-refractivity contribution < 1.29 is 9.63 Å². The molecule has 86 valence electrons. The Hall–Kier alpha value is -0.570. The Morgan fingerprint density at radius 3 is 2.20 bits per heavy atom. The molecule has 0 spiro atoms. The molecule has 0 bridgehead atoms. The van der Waals surface area contributed by atoms with E-state index in [0.717, 1.165) is 38.8 Å². The summed E-state index contributed by atoms with van der Waals surface area (Å²) in [5.41, 5.74) is 0. The van der Waals surface area contributed by atoms with E-state index in [-0.39, 0.29) is 11.9 Å². The summed E-state index contributed by atoms with van der Waals surface area (Å²) in [5.74, 6) is 0.206. The van der Waals surface area contributed by atoms with Crippen LogP contribution in [0.15, 0.2) is 0 Å². The van der Waals surface area contributed by atoms with Gasteiger partial charge in [-0.2, -0.15) is 0 Å². The van der Waals surface area contributed by atoms with Crippen LogP contribution in [0, 0.1) is 5.92 Å². The molecule has 15 heavy (non-hydrogen) atoms. The van der Waals surface area contributed by atoms with E-state index in [0.29, 0.717) is 0 Å². The van der Waals surface area contributed by atoms with Crippen LogP contribution in [0.3, 0.4) is 0 Å². The Labute approximate surface area is 91.7 Å². The summed E-state index contributed by atoms with van der Waals surface area (Å²) >= 11 is 0. The van der Waals surface area contributed by atoms with E-state index in [1.807, 2.05) is 5.06 Å². The van der Waals surface area contributed by atoms with Crippen molar-refractivity contribution in [2.45, 2.75) is 51.4 Å². The van der Waals surface area contributed by atoms with Gasteiger partial charge in [-0.05, 0) is 25.7 Å².